The topological polar surface area (TPSA) is 35.2 Å². The first-order valence-electron chi connectivity index (χ1n) is 5.57. The highest BCUT2D eigenvalue weighted by Crippen LogP contribution is 2.30. The lowest BCUT2D eigenvalue weighted by molar-refractivity contribution is -0.137. The lowest BCUT2D eigenvalue weighted by atomic mass is 10.2. The van der Waals surface area contributed by atoms with Gasteiger partial charge in [-0.05, 0) is 36.4 Å². The molecule has 0 bridgehead atoms. The Balaban J connectivity index is 1.96. The third-order valence-electron chi connectivity index (χ3n) is 2.48. The lowest BCUT2D eigenvalue weighted by Gasteiger charge is -2.08. The van der Waals surface area contributed by atoms with E-state index in [0.29, 0.717) is 18.9 Å². The zero-order chi connectivity index (χ0) is 13.9. The van der Waals surface area contributed by atoms with Crippen LogP contribution in [0.2, 0.25) is 0 Å². The van der Waals surface area contributed by atoms with Crippen LogP contribution in [0.15, 0.2) is 36.4 Å². The van der Waals surface area contributed by atoms with Crippen molar-refractivity contribution < 1.29 is 17.9 Å². The van der Waals surface area contributed by atoms with E-state index in [4.69, 9.17) is 10.5 Å². The maximum absolute atomic E-state index is 12.4. The molecule has 1 aromatic heterocycles. The minimum atomic E-state index is -4.32. The van der Waals surface area contributed by atoms with Crippen LogP contribution in [0.4, 0.5) is 13.2 Å². The number of halogens is 3. The summed E-state index contributed by atoms with van der Waals surface area (Å²) in [4.78, 5) is 2.03. The fourth-order valence-corrected chi connectivity index (χ4v) is 2.31. The summed E-state index contributed by atoms with van der Waals surface area (Å²) in [7, 11) is 0. The van der Waals surface area contributed by atoms with E-state index >= 15 is 0 Å². The molecule has 19 heavy (non-hydrogen) atoms. The Morgan fingerprint density at radius 3 is 2.16 bits per heavy atom. The molecule has 1 heterocycles. The number of nitrogens with two attached hydrogens (primary N) is 1. The highest BCUT2D eigenvalue weighted by atomic mass is 32.1. The van der Waals surface area contributed by atoms with Gasteiger partial charge in [-0.1, -0.05) is 0 Å². The molecule has 0 saturated heterocycles. The van der Waals surface area contributed by atoms with Crippen molar-refractivity contribution >= 4 is 11.3 Å². The van der Waals surface area contributed by atoms with E-state index in [1.165, 1.54) is 23.5 Å². The van der Waals surface area contributed by atoms with Crippen LogP contribution < -0.4 is 10.5 Å². The quantitative estimate of drug-likeness (QED) is 0.928. The van der Waals surface area contributed by atoms with Crippen molar-refractivity contribution in [1.82, 2.24) is 0 Å². The average Bonchev–Trinajstić information content (AvgIpc) is 2.84. The molecule has 102 valence electrons. The smallest absolute Gasteiger partial charge is 0.416 e. The number of hydrogen-bond acceptors (Lipinski definition) is 3. The molecule has 0 radical (unpaired) electrons. The van der Waals surface area contributed by atoms with Gasteiger partial charge < -0.3 is 10.5 Å². The molecular formula is C13H12F3NOS. The van der Waals surface area contributed by atoms with Crippen molar-refractivity contribution in [3.63, 3.8) is 0 Å². The number of benzene rings is 1. The molecule has 1 aromatic carbocycles. The maximum Gasteiger partial charge on any atom is 0.416 e. The van der Waals surface area contributed by atoms with Crippen molar-refractivity contribution in [3.05, 3.63) is 51.7 Å². The number of hydrogen-bond donors (Lipinski definition) is 1. The first kappa shape index (κ1) is 13.9. The van der Waals surface area contributed by atoms with E-state index in [-0.39, 0.29) is 0 Å². The van der Waals surface area contributed by atoms with Crippen molar-refractivity contribution in [2.75, 3.05) is 0 Å². The van der Waals surface area contributed by atoms with E-state index in [1.807, 2.05) is 12.1 Å². The molecule has 0 unspecified atom stereocenters. The standard InChI is InChI=1S/C13H12F3NOS/c14-13(15,16)9-1-3-10(4-2-9)18-8-12-6-5-11(7-17)19-12/h1-6H,7-8,17H2. The molecule has 0 atom stereocenters. The largest absolute Gasteiger partial charge is 0.488 e. The van der Waals surface area contributed by atoms with Gasteiger partial charge in [-0.15, -0.1) is 11.3 Å². The van der Waals surface area contributed by atoms with Gasteiger partial charge in [0.25, 0.3) is 0 Å². The first-order chi connectivity index (χ1) is 8.99. The van der Waals surface area contributed by atoms with E-state index in [2.05, 4.69) is 0 Å². The molecule has 0 aliphatic heterocycles. The predicted octanol–water partition coefficient (Wildman–Crippen LogP) is 3.80. The monoisotopic (exact) mass is 287 g/mol. The van der Waals surface area contributed by atoms with Crippen molar-refractivity contribution in [3.8, 4) is 5.75 Å². The number of ether oxygens (including phenoxy) is 1. The third-order valence-corrected chi connectivity index (χ3v) is 3.56. The van der Waals surface area contributed by atoms with Crippen LogP contribution in [-0.4, -0.2) is 0 Å². The van der Waals surface area contributed by atoms with Crippen LogP contribution in [0.3, 0.4) is 0 Å². The molecule has 0 aliphatic rings. The van der Waals surface area contributed by atoms with Gasteiger partial charge in [0.1, 0.15) is 12.4 Å². The summed E-state index contributed by atoms with van der Waals surface area (Å²) in [5.41, 5.74) is 4.81. The molecule has 2 rings (SSSR count). The van der Waals surface area contributed by atoms with Crippen molar-refractivity contribution in [2.24, 2.45) is 5.73 Å². The normalized spacial score (nSPS) is 11.6. The Kier molecular flexibility index (Phi) is 4.11. The van der Waals surface area contributed by atoms with E-state index in [0.717, 1.165) is 21.9 Å². The van der Waals surface area contributed by atoms with Crippen molar-refractivity contribution in [1.29, 1.82) is 0 Å². The molecule has 0 fully saturated rings. The molecule has 2 N–H and O–H groups in total. The first-order valence-corrected chi connectivity index (χ1v) is 6.38. The van der Waals surface area contributed by atoms with Gasteiger partial charge in [-0.2, -0.15) is 13.2 Å². The fraction of sp³-hybridized carbons (Fsp3) is 0.231. The molecule has 0 spiro atoms. The Morgan fingerprint density at radius 1 is 1.00 bits per heavy atom. The Hall–Kier alpha value is -1.53. The Labute approximate surface area is 112 Å². The minimum Gasteiger partial charge on any atom is -0.488 e. The summed E-state index contributed by atoms with van der Waals surface area (Å²) >= 11 is 1.53. The molecular weight excluding hydrogens is 275 g/mol. The van der Waals surface area contributed by atoms with Crippen molar-refractivity contribution in [2.45, 2.75) is 19.3 Å². The van der Waals surface area contributed by atoms with Crippen LogP contribution in [0.5, 0.6) is 5.75 Å². The van der Waals surface area contributed by atoms with Crippen LogP contribution in [-0.2, 0) is 19.3 Å². The van der Waals surface area contributed by atoms with Crippen LogP contribution in [0.25, 0.3) is 0 Å². The summed E-state index contributed by atoms with van der Waals surface area (Å²) < 4.78 is 42.5. The highest BCUT2D eigenvalue weighted by Gasteiger charge is 2.29. The van der Waals surface area contributed by atoms with Gasteiger partial charge in [0, 0.05) is 16.3 Å². The van der Waals surface area contributed by atoms with Gasteiger partial charge >= 0.3 is 6.18 Å². The zero-order valence-electron chi connectivity index (χ0n) is 9.91. The summed E-state index contributed by atoms with van der Waals surface area (Å²) in [6.45, 7) is 0.807. The molecule has 0 saturated carbocycles. The molecule has 2 aromatic rings. The Bertz CT molecular complexity index is 534. The summed E-state index contributed by atoms with van der Waals surface area (Å²) in [6, 6.07) is 8.47. The maximum atomic E-state index is 12.4. The molecule has 0 aliphatic carbocycles. The predicted molar refractivity (Wildman–Crippen MR) is 68.0 cm³/mol. The van der Waals surface area contributed by atoms with E-state index in [1.54, 1.807) is 0 Å². The SMILES string of the molecule is NCc1ccc(COc2ccc(C(F)(F)F)cc2)s1. The van der Waals surface area contributed by atoms with Crippen LogP contribution in [0.1, 0.15) is 15.3 Å². The summed E-state index contributed by atoms with van der Waals surface area (Å²) in [5, 5.41) is 0. The van der Waals surface area contributed by atoms with Gasteiger partial charge in [0.15, 0.2) is 0 Å². The average molecular weight is 287 g/mol. The second-order valence-corrected chi connectivity index (χ2v) is 5.14. The van der Waals surface area contributed by atoms with Crippen LogP contribution >= 0.6 is 11.3 Å². The zero-order valence-corrected chi connectivity index (χ0v) is 10.7. The summed E-state index contributed by atoms with van der Waals surface area (Å²) in [5.74, 6) is 0.413. The van der Waals surface area contributed by atoms with Gasteiger partial charge in [-0.3, -0.25) is 0 Å². The van der Waals surface area contributed by atoms with Gasteiger partial charge in [0.05, 0.1) is 5.56 Å². The van der Waals surface area contributed by atoms with Gasteiger partial charge in [0.2, 0.25) is 0 Å². The number of thiophene rings is 1. The molecule has 0 amide bonds. The fourth-order valence-electron chi connectivity index (χ4n) is 1.50. The lowest BCUT2D eigenvalue weighted by Crippen LogP contribution is -2.04. The number of rotatable bonds is 4. The second kappa shape index (κ2) is 5.63. The van der Waals surface area contributed by atoms with E-state index < -0.39 is 11.7 Å². The van der Waals surface area contributed by atoms with Crippen LogP contribution in [0, 0.1) is 0 Å². The molecule has 6 heteroatoms. The summed E-state index contributed by atoms with van der Waals surface area (Å²) in [6.07, 6.45) is -4.32. The third kappa shape index (κ3) is 3.71. The van der Waals surface area contributed by atoms with E-state index in [9.17, 15) is 13.2 Å². The highest BCUT2D eigenvalue weighted by molar-refractivity contribution is 7.11. The Morgan fingerprint density at radius 2 is 1.63 bits per heavy atom. The van der Waals surface area contributed by atoms with Gasteiger partial charge in [-0.25, -0.2) is 0 Å². The molecule has 2 nitrogen and oxygen atoms in total. The second-order valence-electron chi connectivity index (χ2n) is 3.88. The number of alkyl halides is 3. The minimum absolute atomic E-state index is 0.329.